The van der Waals surface area contributed by atoms with Crippen molar-refractivity contribution in [2.75, 3.05) is 0 Å². The molecule has 0 aromatic heterocycles. The highest BCUT2D eigenvalue weighted by atomic mass is 35.5. The molecule has 0 saturated carbocycles. The largest absolute Gasteiger partial charge is 0.377 e. The molecule has 0 fully saturated rings. The van der Waals surface area contributed by atoms with Crippen LogP contribution in [0, 0.1) is 5.92 Å². The van der Waals surface area contributed by atoms with Gasteiger partial charge >= 0.3 is 0 Å². The van der Waals surface area contributed by atoms with Crippen LogP contribution in [0.4, 0.5) is 0 Å². The van der Waals surface area contributed by atoms with Crippen LogP contribution in [0.25, 0.3) is 0 Å². The first-order valence-electron chi connectivity index (χ1n) is 1.77. The van der Waals surface area contributed by atoms with Gasteiger partial charge in [0.1, 0.15) is 5.56 Å². The summed E-state index contributed by atoms with van der Waals surface area (Å²) in [4.78, 5) is 0. The highest BCUT2D eigenvalue weighted by Crippen LogP contribution is 2.05. The first-order chi connectivity index (χ1) is 2.64. The van der Waals surface area contributed by atoms with Gasteiger partial charge in [-0.1, -0.05) is 25.4 Å². The van der Waals surface area contributed by atoms with Crippen molar-refractivity contribution in [1.82, 2.24) is 0 Å². The predicted octanol–water partition coefficient (Wildman–Crippen LogP) is 1.16. The molecule has 0 aliphatic carbocycles. The van der Waals surface area contributed by atoms with Crippen LogP contribution in [0.1, 0.15) is 13.8 Å². The van der Waals surface area contributed by atoms with E-state index in [0.717, 1.165) is 5.92 Å². The highest BCUT2D eigenvalue weighted by molar-refractivity contribution is 6.20. The van der Waals surface area contributed by atoms with Gasteiger partial charge < -0.3 is 5.11 Å². The summed E-state index contributed by atoms with van der Waals surface area (Å²) in [6.07, 6.45) is 0. The zero-order chi connectivity index (χ0) is 5.15. The lowest BCUT2D eigenvalue weighted by Crippen LogP contribution is -2.01. The van der Waals surface area contributed by atoms with Crippen LogP contribution in [0.3, 0.4) is 0 Å². The van der Waals surface area contributed by atoms with E-state index in [1.807, 2.05) is 0 Å². The maximum absolute atomic E-state index is 8.36. The maximum Gasteiger partial charge on any atom is 0.133 e. The number of hydrogen-bond donors (Lipinski definition) is 1. The van der Waals surface area contributed by atoms with Crippen molar-refractivity contribution in [3.8, 4) is 0 Å². The van der Waals surface area contributed by atoms with Crippen molar-refractivity contribution < 1.29 is 5.11 Å². The Bertz CT molecular complexity index is 28.5. The first kappa shape index (κ1) is 6.25. The number of alkyl halides is 1. The second-order valence-corrected chi connectivity index (χ2v) is 1.83. The third-order valence-corrected chi connectivity index (χ3v) is 0.913. The molecule has 0 saturated heterocycles. The van der Waals surface area contributed by atoms with Crippen molar-refractivity contribution in [3.63, 3.8) is 0 Å². The van der Waals surface area contributed by atoms with E-state index in [0.29, 0.717) is 0 Å². The Morgan fingerprint density at radius 2 is 1.83 bits per heavy atom. The zero-order valence-electron chi connectivity index (χ0n) is 3.90. The van der Waals surface area contributed by atoms with Crippen LogP contribution in [0.5, 0.6) is 0 Å². The van der Waals surface area contributed by atoms with Crippen molar-refractivity contribution in [2.45, 2.75) is 19.4 Å². The van der Waals surface area contributed by atoms with E-state index >= 15 is 0 Å². The molecule has 0 rings (SSSR count). The van der Waals surface area contributed by atoms with E-state index in [2.05, 4.69) is 0 Å². The van der Waals surface area contributed by atoms with Crippen LogP contribution >= 0.6 is 11.6 Å². The Kier molecular flexibility index (Phi) is 2.53. The molecule has 6 heavy (non-hydrogen) atoms. The van der Waals surface area contributed by atoms with Gasteiger partial charge in [-0.25, -0.2) is 0 Å². The summed E-state index contributed by atoms with van der Waals surface area (Å²) in [5.41, 5.74) is -0.759. The highest BCUT2D eigenvalue weighted by Gasteiger charge is 2.01. The van der Waals surface area contributed by atoms with Gasteiger partial charge in [-0.3, -0.25) is 0 Å². The summed E-state index contributed by atoms with van der Waals surface area (Å²) in [5, 5.41) is 8.36. The molecule has 0 aliphatic rings. The quantitative estimate of drug-likeness (QED) is 0.499. The van der Waals surface area contributed by atoms with Gasteiger partial charge in [0.15, 0.2) is 0 Å². The summed E-state index contributed by atoms with van der Waals surface area (Å²) >= 11 is 5.13. The monoisotopic (exact) mass is 107 g/mol. The molecule has 0 heterocycles. The van der Waals surface area contributed by atoms with Gasteiger partial charge in [-0.15, -0.1) is 0 Å². The van der Waals surface area contributed by atoms with Gasteiger partial charge in [-0.05, 0) is 0 Å². The minimum Gasteiger partial charge on any atom is -0.377 e. The van der Waals surface area contributed by atoms with Gasteiger partial charge in [0.25, 0.3) is 0 Å². The average molecular weight is 108 g/mol. The summed E-state index contributed by atoms with van der Waals surface area (Å²) in [7, 11) is 0. The predicted molar refractivity (Wildman–Crippen MR) is 26.5 cm³/mol. The topological polar surface area (TPSA) is 20.2 Å². The lowest BCUT2D eigenvalue weighted by Gasteiger charge is -2.01. The third kappa shape index (κ3) is 2.49. The van der Waals surface area contributed by atoms with Crippen molar-refractivity contribution in [2.24, 2.45) is 0 Å². The Labute approximate surface area is 42.9 Å². The molecule has 2 heteroatoms. The van der Waals surface area contributed by atoms with Gasteiger partial charge in [0, 0.05) is 5.92 Å². The lowest BCUT2D eigenvalue weighted by molar-refractivity contribution is 0.269. The van der Waals surface area contributed by atoms with Crippen LogP contribution in [0.15, 0.2) is 0 Å². The summed E-state index contributed by atoms with van der Waals surface area (Å²) < 4.78 is 0. The van der Waals surface area contributed by atoms with E-state index in [4.69, 9.17) is 16.7 Å². The standard InChI is InChI=1S/C4H8ClO/c1-3(2)4(5)6/h4,6H,1-2H3. The molecule has 0 aromatic carbocycles. The average Bonchev–Trinajstić information content (AvgIpc) is 1.36. The third-order valence-electron chi connectivity index (χ3n) is 0.476. The lowest BCUT2D eigenvalue weighted by atomic mass is 10.2. The minimum absolute atomic E-state index is 0.759. The SMILES string of the molecule is C[C](C)C(O)Cl. The van der Waals surface area contributed by atoms with E-state index in [1.54, 1.807) is 13.8 Å². The normalized spacial score (nSPS) is 15.5. The minimum atomic E-state index is -0.759. The molecular weight excluding hydrogens is 99.5 g/mol. The zero-order valence-corrected chi connectivity index (χ0v) is 4.66. The molecule has 0 aliphatic heterocycles. The van der Waals surface area contributed by atoms with Crippen molar-refractivity contribution >= 4 is 11.6 Å². The number of hydrogen-bond acceptors (Lipinski definition) is 1. The van der Waals surface area contributed by atoms with Crippen LogP contribution < -0.4 is 0 Å². The Hall–Kier alpha value is 0.250. The van der Waals surface area contributed by atoms with Crippen molar-refractivity contribution in [3.05, 3.63) is 5.92 Å². The van der Waals surface area contributed by atoms with E-state index in [-0.39, 0.29) is 0 Å². The number of rotatable bonds is 1. The second kappa shape index (κ2) is 2.43. The van der Waals surface area contributed by atoms with Crippen LogP contribution in [-0.2, 0) is 0 Å². The molecule has 1 N–H and O–H groups in total. The molecule has 0 aromatic rings. The molecule has 0 amide bonds. The van der Waals surface area contributed by atoms with Crippen LogP contribution in [0.2, 0.25) is 0 Å². The Balaban J connectivity index is 2.99. The first-order valence-corrected chi connectivity index (χ1v) is 2.20. The number of halogens is 1. The summed E-state index contributed by atoms with van der Waals surface area (Å²) in [5.74, 6) is 0.830. The fraction of sp³-hybridized carbons (Fsp3) is 0.750. The smallest absolute Gasteiger partial charge is 0.133 e. The van der Waals surface area contributed by atoms with Crippen LogP contribution in [-0.4, -0.2) is 10.7 Å². The molecular formula is C4H8ClO. The molecule has 0 spiro atoms. The number of aliphatic hydroxyl groups is 1. The van der Waals surface area contributed by atoms with E-state index in [1.165, 1.54) is 0 Å². The van der Waals surface area contributed by atoms with E-state index < -0.39 is 5.56 Å². The molecule has 37 valence electrons. The molecule has 0 bridgehead atoms. The fourth-order valence-electron chi connectivity index (χ4n) is 0. The fourth-order valence-corrected chi connectivity index (χ4v) is 0. The summed E-state index contributed by atoms with van der Waals surface area (Å²) in [6.45, 7) is 3.55. The number of aliphatic hydroxyl groups excluding tert-OH is 1. The van der Waals surface area contributed by atoms with Gasteiger partial charge in [-0.2, -0.15) is 0 Å². The van der Waals surface area contributed by atoms with Gasteiger partial charge in [0.05, 0.1) is 0 Å². The summed E-state index contributed by atoms with van der Waals surface area (Å²) in [6, 6.07) is 0. The van der Waals surface area contributed by atoms with E-state index in [9.17, 15) is 0 Å². The van der Waals surface area contributed by atoms with Gasteiger partial charge in [0.2, 0.25) is 0 Å². The molecule has 1 atom stereocenters. The Morgan fingerprint density at radius 3 is 1.83 bits per heavy atom. The molecule has 1 radical (unpaired) electrons. The Morgan fingerprint density at radius 1 is 1.67 bits per heavy atom. The second-order valence-electron chi connectivity index (χ2n) is 1.41. The van der Waals surface area contributed by atoms with Crippen molar-refractivity contribution in [1.29, 1.82) is 0 Å². The maximum atomic E-state index is 8.36. The molecule has 1 nitrogen and oxygen atoms in total. The molecule has 1 unspecified atom stereocenters.